The Hall–Kier alpha value is -1.14. The lowest BCUT2D eigenvalue weighted by Crippen LogP contribution is -2.43. The van der Waals surface area contributed by atoms with Gasteiger partial charge in [0.2, 0.25) is 5.91 Å². The van der Waals surface area contributed by atoms with Crippen LogP contribution in [-0.4, -0.2) is 43.0 Å². The van der Waals surface area contributed by atoms with E-state index < -0.39 is 19.8 Å². The Labute approximate surface area is 139 Å². The lowest BCUT2D eigenvalue weighted by atomic mass is 9.82. The molecule has 5 nitrogen and oxygen atoms in total. The second kappa shape index (κ2) is 6.05. The number of carboxylic acid groups (broad SMARTS) is 1. The Balaban J connectivity index is 2.01. The predicted octanol–water partition coefficient (Wildman–Crippen LogP) is 4.01. The van der Waals surface area contributed by atoms with Crippen molar-refractivity contribution in [2.45, 2.75) is 70.6 Å². The molecule has 0 aromatic rings. The quantitative estimate of drug-likeness (QED) is 0.620. The predicted molar refractivity (Wildman–Crippen MR) is 91.8 cm³/mol. The summed E-state index contributed by atoms with van der Waals surface area (Å²) in [6, 6.07) is -0.260. The van der Waals surface area contributed by atoms with Crippen molar-refractivity contribution in [1.82, 2.24) is 4.90 Å². The Morgan fingerprint density at radius 3 is 2.43 bits per heavy atom. The van der Waals surface area contributed by atoms with Crippen LogP contribution in [0, 0.1) is 5.41 Å². The van der Waals surface area contributed by atoms with Gasteiger partial charge in [0, 0.05) is 12.6 Å². The smallest absolute Gasteiger partial charge is 0.414 e. The number of carbonyl (C=O) groups excluding carboxylic acids is 1. The van der Waals surface area contributed by atoms with Crippen LogP contribution < -0.4 is 0 Å². The highest BCUT2D eigenvalue weighted by atomic mass is 28.4. The zero-order chi connectivity index (χ0) is 17.5. The lowest BCUT2D eigenvalue weighted by molar-refractivity contribution is -0.134. The summed E-state index contributed by atoms with van der Waals surface area (Å²) in [5.74, 6) is -0.229. The number of hydrogen-bond acceptors (Lipinski definition) is 3. The fourth-order valence-corrected chi connectivity index (χ4v) is 4.30. The van der Waals surface area contributed by atoms with E-state index in [0.29, 0.717) is 32.3 Å². The van der Waals surface area contributed by atoms with E-state index in [1.54, 1.807) is 0 Å². The standard InChI is InChI=1S/C17H29NO4Si/c1-16(2,3)23(4,5)22-11-8-13-12-17(9-6-7-10-17)14(19)18(13)15(20)21/h6-7,13H,8-12H2,1-5H3,(H,20,21). The van der Waals surface area contributed by atoms with E-state index >= 15 is 0 Å². The first-order chi connectivity index (χ1) is 10.5. The largest absolute Gasteiger partial charge is 0.465 e. The number of amides is 2. The Morgan fingerprint density at radius 2 is 1.96 bits per heavy atom. The molecule has 0 radical (unpaired) electrons. The maximum atomic E-state index is 12.6. The molecule has 1 aliphatic heterocycles. The molecule has 1 aliphatic carbocycles. The number of carbonyl (C=O) groups is 2. The number of hydrogen-bond donors (Lipinski definition) is 1. The molecular formula is C17H29NO4Si. The summed E-state index contributed by atoms with van der Waals surface area (Å²) in [6.07, 6.45) is 5.39. The van der Waals surface area contributed by atoms with Crippen LogP contribution in [0.2, 0.25) is 18.1 Å². The topological polar surface area (TPSA) is 66.8 Å². The molecule has 1 heterocycles. The molecule has 1 atom stereocenters. The van der Waals surface area contributed by atoms with Gasteiger partial charge < -0.3 is 9.53 Å². The molecular weight excluding hydrogens is 310 g/mol. The fourth-order valence-electron chi connectivity index (χ4n) is 3.23. The second-order valence-electron chi connectivity index (χ2n) is 8.37. The van der Waals surface area contributed by atoms with Gasteiger partial charge in [-0.3, -0.25) is 4.79 Å². The molecule has 0 aromatic heterocycles. The average molecular weight is 340 g/mol. The van der Waals surface area contributed by atoms with Crippen molar-refractivity contribution in [3.05, 3.63) is 12.2 Å². The highest BCUT2D eigenvalue weighted by molar-refractivity contribution is 6.74. The van der Waals surface area contributed by atoms with Crippen molar-refractivity contribution in [3.63, 3.8) is 0 Å². The first-order valence-electron chi connectivity index (χ1n) is 8.36. The van der Waals surface area contributed by atoms with Crippen LogP contribution in [0.4, 0.5) is 4.79 Å². The minimum Gasteiger partial charge on any atom is -0.465 e. The SMILES string of the molecule is CC(C)(C)[Si](C)(C)OCCC1CC2(CC=CC2)C(=O)N1C(=O)O. The number of allylic oxidation sites excluding steroid dienone is 2. The van der Waals surface area contributed by atoms with E-state index in [9.17, 15) is 14.7 Å². The van der Waals surface area contributed by atoms with E-state index in [-0.39, 0.29) is 17.0 Å². The Kier molecular flexibility index (Phi) is 4.79. The first kappa shape index (κ1) is 18.2. The van der Waals surface area contributed by atoms with Gasteiger partial charge in [0.25, 0.3) is 0 Å². The van der Waals surface area contributed by atoms with Gasteiger partial charge in [0.15, 0.2) is 8.32 Å². The summed E-state index contributed by atoms with van der Waals surface area (Å²) in [4.78, 5) is 25.2. The van der Waals surface area contributed by atoms with E-state index in [4.69, 9.17) is 4.43 Å². The second-order valence-corrected chi connectivity index (χ2v) is 13.2. The monoisotopic (exact) mass is 339 g/mol. The van der Waals surface area contributed by atoms with E-state index in [0.717, 1.165) is 4.90 Å². The molecule has 0 aromatic carbocycles. The van der Waals surface area contributed by atoms with Crippen molar-refractivity contribution < 1.29 is 19.1 Å². The molecule has 1 fully saturated rings. The summed E-state index contributed by atoms with van der Waals surface area (Å²) in [7, 11) is -1.85. The highest BCUT2D eigenvalue weighted by Crippen LogP contribution is 2.46. The minimum absolute atomic E-state index is 0.127. The molecule has 1 saturated heterocycles. The van der Waals surface area contributed by atoms with Crippen LogP contribution in [0.1, 0.15) is 46.5 Å². The summed E-state index contributed by atoms with van der Waals surface area (Å²) < 4.78 is 6.16. The van der Waals surface area contributed by atoms with E-state index in [1.165, 1.54) is 0 Å². The zero-order valence-corrected chi connectivity index (χ0v) is 15.9. The third kappa shape index (κ3) is 3.38. The normalized spacial score (nSPS) is 24.0. The van der Waals surface area contributed by atoms with Crippen molar-refractivity contribution in [1.29, 1.82) is 0 Å². The Morgan fingerprint density at radius 1 is 1.39 bits per heavy atom. The van der Waals surface area contributed by atoms with E-state index in [2.05, 4.69) is 33.9 Å². The van der Waals surface area contributed by atoms with Crippen molar-refractivity contribution in [2.24, 2.45) is 5.41 Å². The van der Waals surface area contributed by atoms with Crippen LogP contribution in [-0.2, 0) is 9.22 Å². The molecule has 130 valence electrons. The number of rotatable bonds is 4. The van der Waals surface area contributed by atoms with Gasteiger partial charge in [0.1, 0.15) is 0 Å². The van der Waals surface area contributed by atoms with Crippen molar-refractivity contribution in [3.8, 4) is 0 Å². The van der Waals surface area contributed by atoms with Gasteiger partial charge in [-0.15, -0.1) is 0 Å². The highest BCUT2D eigenvalue weighted by Gasteiger charge is 2.53. The lowest BCUT2D eigenvalue weighted by Gasteiger charge is -2.36. The summed E-state index contributed by atoms with van der Waals surface area (Å²) in [5, 5.41) is 9.57. The molecule has 2 aliphatic rings. The third-order valence-electron chi connectivity index (χ3n) is 5.77. The van der Waals surface area contributed by atoms with Crippen molar-refractivity contribution in [2.75, 3.05) is 6.61 Å². The van der Waals surface area contributed by atoms with Crippen LogP contribution in [0.25, 0.3) is 0 Å². The number of imide groups is 1. The fraction of sp³-hybridized carbons (Fsp3) is 0.765. The molecule has 23 heavy (non-hydrogen) atoms. The number of nitrogens with zero attached hydrogens (tertiary/aromatic N) is 1. The van der Waals surface area contributed by atoms with Gasteiger partial charge in [-0.2, -0.15) is 0 Å². The summed E-state index contributed by atoms with van der Waals surface area (Å²) in [5.41, 5.74) is -0.514. The van der Waals surface area contributed by atoms with Crippen LogP contribution in [0.3, 0.4) is 0 Å². The van der Waals surface area contributed by atoms with Crippen LogP contribution in [0.15, 0.2) is 12.2 Å². The molecule has 1 unspecified atom stereocenters. The first-order valence-corrected chi connectivity index (χ1v) is 11.3. The molecule has 2 amide bonds. The maximum absolute atomic E-state index is 12.6. The zero-order valence-electron chi connectivity index (χ0n) is 14.9. The van der Waals surface area contributed by atoms with Gasteiger partial charge in [-0.05, 0) is 43.8 Å². The molecule has 1 N–H and O–H groups in total. The van der Waals surface area contributed by atoms with Gasteiger partial charge >= 0.3 is 6.09 Å². The molecule has 0 bridgehead atoms. The summed E-state index contributed by atoms with van der Waals surface area (Å²) >= 11 is 0. The molecule has 0 saturated carbocycles. The molecule has 6 heteroatoms. The van der Waals surface area contributed by atoms with Gasteiger partial charge in [-0.1, -0.05) is 32.9 Å². The van der Waals surface area contributed by atoms with Crippen LogP contribution in [0.5, 0.6) is 0 Å². The van der Waals surface area contributed by atoms with Gasteiger partial charge in [0.05, 0.1) is 5.41 Å². The molecule has 1 spiro atoms. The number of likely N-dealkylation sites (tertiary alicyclic amines) is 1. The Bertz CT molecular complexity index is 513. The van der Waals surface area contributed by atoms with Crippen LogP contribution >= 0.6 is 0 Å². The third-order valence-corrected chi connectivity index (χ3v) is 10.3. The molecule has 2 rings (SSSR count). The maximum Gasteiger partial charge on any atom is 0.414 e. The van der Waals surface area contributed by atoms with Crippen molar-refractivity contribution >= 4 is 20.3 Å². The average Bonchev–Trinajstić information content (AvgIpc) is 2.95. The van der Waals surface area contributed by atoms with Gasteiger partial charge in [-0.25, -0.2) is 9.69 Å². The van der Waals surface area contributed by atoms with E-state index in [1.807, 2.05) is 12.2 Å². The summed E-state index contributed by atoms with van der Waals surface area (Å²) in [6.45, 7) is 11.4. The minimum atomic E-state index is -1.85.